The van der Waals surface area contributed by atoms with E-state index in [1.54, 1.807) is 0 Å². The third kappa shape index (κ3) is 1.88. The number of para-hydroxylation sites is 1. The Morgan fingerprint density at radius 2 is 1.94 bits per heavy atom. The van der Waals surface area contributed by atoms with Crippen LogP contribution in [-0.2, 0) is 11.2 Å². The second-order valence-corrected chi connectivity index (χ2v) is 4.31. The average molecular weight is 239 g/mol. The van der Waals surface area contributed by atoms with Gasteiger partial charge in [-0.25, -0.2) is 0 Å². The fourth-order valence-electron chi connectivity index (χ4n) is 2.08. The third-order valence-electron chi connectivity index (χ3n) is 2.95. The Kier molecular flexibility index (Phi) is 2.41. The first-order valence-corrected chi connectivity index (χ1v) is 5.77. The lowest BCUT2D eigenvalue weighted by Gasteiger charge is -2.11. The molecule has 0 radical (unpaired) electrons. The summed E-state index contributed by atoms with van der Waals surface area (Å²) in [6, 6.07) is 13.5. The molecule has 0 atom stereocenters. The first-order chi connectivity index (χ1) is 8.72. The Morgan fingerprint density at radius 1 is 1.17 bits per heavy atom. The van der Waals surface area contributed by atoms with E-state index in [1.165, 1.54) is 0 Å². The van der Waals surface area contributed by atoms with Crippen LogP contribution in [0, 0.1) is 0 Å². The van der Waals surface area contributed by atoms with Crippen LogP contribution in [-0.4, -0.2) is 5.91 Å². The molecule has 0 bridgehead atoms. The van der Waals surface area contributed by atoms with Gasteiger partial charge < -0.3 is 16.4 Å². The van der Waals surface area contributed by atoms with Crippen molar-refractivity contribution in [1.29, 1.82) is 0 Å². The predicted octanol–water partition coefficient (Wildman–Crippen LogP) is 2.51. The van der Waals surface area contributed by atoms with Crippen LogP contribution in [0.15, 0.2) is 42.5 Å². The van der Waals surface area contributed by atoms with E-state index >= 15 is 0 Å². The highest BCUT2D eigenvalue weighted by Crippen LogP contribution is 2.32. The molecular formula is C14H13N3O. The summed E-state index contributed by atoms with van der Waals surface area (Å²) in [6.45, 7) is 0. The van der Waals surface area contributed by atoms with E-state index in [1.807, 2.05) is 42.5 Å². The van der Waals surface area contributed by atoms with E-state index in [4.69, 9.17) is 5.73 Å². The largest absolute Gasteiger partial charge is 0.397 e. The van der Waals surface area contributed by atoms with Gasteiger partial charge in [-0.05, 0) is 29.8 Å². The first-order valence-electron chi connectivity index (χ1n) is 5.77. The Hall–Kier alpha value is -2.49. The summed E-state index contributed by atoms with van der Waals surface area (Å²) in [7, 11) is 0. The van der Waals surface area contributed by atoms with E-state index in [0.29, 0.717) is 12.1 Å². The lowest BCUT2D eigenvalue weighted by atomic mass is 10.1. The van der Waals surface area contributed by atoms with Crippen molar-refractivity contribution in [1.82, 2.24) is 0 Å². The highest BCUT2D eigenvalue weighted by Gasteiger charge is 2.19. The molecule has 4 N–H and O–H groups in total. The summed E-state index contributed by atoms with van der Waals surface area (Å²) in [6.07, 6.45) is 0.408. The number of carbonyl (C=O) groups excluding carboxylic acids is 1. The molecule has 0 saturated carbocycles. The second-order valence-electron chi connectivity index (χ2n) is 4.31. The van der Waals surface area contributed by atoms with Crippen LogP contribution in [0.5, 0.6) is 0 Å². The van der Waals surface area contributed by atoms with Gasteiger partial charge >= 0.3 is 0 Å². The molecule has 18 heavy (non-hydrogen) atoms. The number of fused-ring (bicyclic) bond motifs is 1. The normalized spacial score (nSPS) is 13.0. The number of nitrogens with two attached hydrogens (primary N) is 1. The van der Waals surface area contributed by atoms with Crippen LogP contribution >= 0.6 is 0 Å². The number of benzene rings is 2. The van der Waals surface area contributed by atoms with Crippen molar-refractivity contribution in [2.45, 2.75) is 6.42 Å². The van der Waals surface area contributed by atoms with Crippen molar-refractivity contribution in [3.63, 3.8) is 0 Å². The number of nitrogen functional groups attached to an aromatic ring is 1. The van der Waals surface area contributed by atoms with E-state index in [0.717, 1.165) is 22.6 Å². The van der Waals surface area contributed by atoms with Gasteiger partial charge in [-0.3, -0.25) is 4.79 Å². The predicted molar refractivity (Wildman–Crippen MR) is 72.9 cm³/mol. The van der Waals surface area contributed by atoms with Crippen molar-refractivity contribution in [2.75, 3.05) is 16.4 Å². The highest BCUT2D eigenvalue weighted by molar-refractivity contribution is 6.01. The summed E-state index contributed by atoms with van der Waals surface area (Å²) in [4.78, 5) is 11.3. The molecule has 0 aromatic heterocycles. The van der Waals surface area contributed by atoms with Crippen molar-refractivity contribution < 1.29 is 4.79 Å². The minimum absolute atomic E-state index is 0.0151. The Labute approximate surface area is 105 Å². The van der Waals surface area contributed by atoms with Crippen molar-refractivity contribution >= 4 is 28.7 Å². The molecule has 0 spiro atoms. The molecule has 4 heteroatoms. The van der Waals surface area contributed by atoms with Crippen LogP contribution in [0.1, 0.15) is 5.56 Å². The van der Waals surface area contributed by atoms with Crippen LogP contribution in [0.25, 0.3) is 0 Å². The van der Waals surface area contributed by atoms with E-state index in [-0.39, 0.29) is 5.91 Å². The summed E-state index contributed by atoms with van der Waals surface area (Å²) >= 11 is 0. The van der Waals surface area contributed by atoms with Gasteiger partial charge in [-0.2, -0.15) is 0 Å². The molecule has 0 unspecified atom stereocenters. The molecule has 0 fully saturated rings. The maximum atomic E-state index is 11.3. The van der Waals surface area contributed by atoms with Gasteiger partial charge in [-0.1, -0.05) is 18.2 Å². The zero-order chi connectivity index (χ0) is 12.5. The fourth-order valence-corrected chi connectivity index (χ4v) is 2.08. The third-order valence-corrected chi connectivity index (χ3v) is 2.95. The summed E-state index contributed by atoms with van der Waals surface area (Å²) in [5, 5.41) is 6.06. The number of hydrogen-bond acceptors (Lipinski definition) is 3. The van der Waals surface area contributed by atoms with Crippen molar-refractivity contribution in [3.05, 3.63) is 48.0 Å². The van der Waals surface area contributed by atoms with Gasteiger partial charge in [-0.15, -0.1) is 0 Å². The number of nitrogens with one attached hydrogen (secondary N) is 2. The molecular weight excluding hydrogens is 226 g/mol. The fraction of sp³-hybridized carbons (Fsp3) is 0.0714. The number of hydrogen-bond donors (Lipinski definition) is 3. The Bertz CT molecular complexity index is 608. The van der Waals surface area contributed by atoms with Crippen molar-refractivity contribution in [2.24, 2.45) is 0 Å². The number of rotatable bonds is 2. The molecule has 2 aromatic carbocycles. The standard InChI is InChI=1S/C14H13N3O/c15-11-6-9-7-14(18)17-12(9)8-13(11)16-10-4-2-1-3-5-10/h1-6,8,16H,7,15H2,(H,17,18). The van der Waals surface area contributed by atoms with E-state index < -0.39 is 0 Å². The topological polar surface area (TPSA) is 67.2 Å². The summed E-state index contributed by atoms with van der Waals surface area (Å²) in [5.74, 6) is 0.0151. The molecule has 0 aliphatic carbocycles. The van der Waals surface area contributed by atoms with Gasteiger partial charge in [0.05, 0.1) is 17.8 Å². The summed E-state index contributed by atoms with van der Waals surface area (Å²) < 4.78 is 0. The quantitative estimate of drug-likeness (QED) is 0.705. The lowest BCUT2D eigenvalue weighted by molar-refractivity contribution is -0.115. The van der Waals surface area contributed by atoms with E-state index in [2.05, 4.69) is 10.6 Å². The van der Waals surface area contributed by atoms with Crippen LogP contribution in [0.4, 0.5) is 22.7 Å². The first kappa shape index (κ1) is 10.7. The van der Waals surface area contributed by atoms with Crippen LogP contribution in [0.2, 0.25) is 0 Å². The maximum absolute atomic E-state index is 11.3. The lowest BCUT2D eigenvalue weighted by Crippen LogP contribution is -2.03. The molecule has 4 nitrogen and oxygen atoms in total. The molecule has 2 aromatic rings. The van der Waals surface area contributed by atoms with Crippen molar-refractivity contribution in [3.8, 4) is 0 Å². The zero-order valence-electron chi connectivity index (χ0n) is 9.73. The molecule has 1 aliphatic rings. The monoisotopic (exact) mass is 239 g/mol. The summed E-state index contributed by atoms with van der Waals surface area (Å²) in [5.41, 5.74) is 10.2. The van der Waals surface area contributed by atoms with Crippen LogP contribution < -0.4 is 16.4 Å². The number of carbonyl (C=O) groups is 1. The van der Waals surface area contributed by atoms with Crippen LogP contribution in [0.3, 0.4) is 0 Å². The average Bonchev–Trinajstić information content (AvgIpc) is 2.70. The molecule has 1 heterocycles. The highest BCUT2D eigenvalue weighted by atomic mass is 16.1. The molecule has 3 rings (SSSR count). The van der Waals surface area contributed by atoms with Gasteiger partial charge in [0.1, 0.15) is 0 Å². The Morgan fingerprint density at radius 3 is 2.72 bits per heavy atom. The molecule has 90 valence electrons. The number of anilines is 4. The van der Waals surface area contributed by atoms with Gasteiger partial charge in [0.25, 0.3) is 0 Å². The maximum Gasteiger partial charge on any atom is 0.228 e. The van der Waals surface area contributed by atoms with Gasteiger partial charge in [0.2, 0.25) is 5.91 Å². The molecule has 1 aliphatic heterocycles. The minimum atomic E-state index is 0.0151. The van der Waals surface area contributed by atoms with E-state index in [9.17, 15) is 4.79 Å². The molecule has 0 saturated heterocycles. The number of amides is 1. The second kappa shape index (κ2) is 4.07. The zero-order valence-corrected chi connectivity index (χ0v) is 9.73. The van der Waals surface area contributed by atoms with Gasteiger partial charge in [0, 0.05) is 11.4 Å². The molecule has 1 amide bonds. The smallest absolute Gasteiger partial charge is 0.228 e. The minimum Gasteiger partial charge on any atom is -0.397 e. The SMILES string of the molecule is Nc1cc2c(cc1Nc1ccccc1)NC(=O)C2. The Balaban J connectivity index is 1.94. The van der Waals surface area contributed by atoms with Gasteiger partial charge in [0.15, 0.2) is 0 Å².